The first-order valence-corrected chi connectivity index (χ1v) is 9.97. The monoisotopic (exact) mass is 375 g/mol. The van der Waals surface area contributed by atoms with E-state index in [1.165, 1.54) is 44.2 Å². The Morgan fingerprint density at radius 2 is 1.67 bits per heavy atom. The van der Waals surface area contributed by atoms with Gasteiger partial charge in [0.25, 0.3) is 0 Å². The van der Waals surface area contributed by atoms with Crippen molar-refractivity contribution in [2.75, 3.05) is 26.2 Å². The van der Waals surface area contributed by atoms with Gasteiger partial charge in [0.15, 0.2) is 0 Å². The zero-order valence-electron chi connectivity index (χ0n) is 15.9. The summed E-state index contributed by atoms with van der Waals surface area (Å²) in [7, 11) is 0. The Balaban J connectivity index is 1.38. The van der Waals surface area contributed by atoms with Gasteiger partial charge in [0.05, 0.1) is 5.69 Å². The average Bonchev–Trinajstić information content (AvgIpc) is 3.03. The summed E-state index contributed by atoms with van der Waals surface area (Å²) in [6.07, 6.45) is 6.81. The number of halogens is 2. The molecule has 1 saturated heterocycles. The molecular weight excluding hydrogens is 348 g/mol. The minimum absolute atomic E-state index is 0.279. The molecule has 146 valence electrons. The lowest BCUT2D eigenvalue weighted by atomic mass is 9.94. The number of hydrogen-bond acceptors (Lipinski definition) is 4. The van der Waals surface area contributed by atoms with Gasteiger partial charge >= 0.3 is 0 Å². The van der Waals surface area contributed by atoms with Crippen LogP contribution in [0.1, 0.15) is 43.6 Å². The third-order valence-electron chi connectivity index (χ3n) is 5.87. The molecule has 0 radical (unpaired) electrons. The lowest BCUT2D eigenvalue weighted by molar-refractivity contribution is 0.0748. The van der Waals surface area contributed by atoms with Crippen molar-refractivity contribution in [1.29, 1.82) is 0 Å². The molecule has 6 heteroatoms. The average molecular weight is 375 g/mol. The first-order chi connectivity index (χ1) is 13.1. The second-order valence-electron chi connectivity index (χ2n) is 7.78. The maximum Gasteiger partial charge on any atom is 0.226 e. The molecule has 1 aromatic heterocycles. The van der Waals surface area contributed by atoms with E-state index >= 15 is 0 Å². The standard InChI is InChI=1S/C21H27F2N3O/c1-15-20(24-21(27-15)16-11-17(22)13-18(23)12-16)14-25-7-9-26(10-8-25)19-5-3-2-4-6-19/h11-13,19H,2-10,14H2,1H3. The molecule has 2 aliphatic rings. The molecule has 0 N–H and O–H groups in total. The molecule has 0 spiro atoms. The quantitative estimate of drug-likeness (QED) is 0.794. The smallest absolute Gasteiger partial charge is 0.226 e. The van der Waals surface area contributed by atoms with Gasteiger partial charge in [-0.25, -0.2) is 13.8 Å². The first-order valence-electron chi connectivity index (χ1n) is 9.97. The highest BCUT2D eigenvalue weighted by atomic mass is 19.1. The molecule has 2 heterocycles. The van der Waals surface area contributed by atoms with Crippen LogP contribution in [0.15, 0.2) is 22.6 Å². The van der Waals surface area contributed by atoms with Gasteiger partial charge in [-0.3, -0.25) is 9.80 Å². The van der Waals surface area contributed by atoms with Gasteiger partial charge in [-0.2, -0.15) is 0 Å². The molecule has 1 aliphatic heterocycles. The van der Waals surface area contributed by atoms with E-state index in [1.54, 1.807) is 0 Å². The van der Waals surface area contributed by atoms with Gasteiger partial charge in [-0.15, -0.1) is 0 Å². The van der Waals surface area contributed by atoms with Crippen LogP contribution in [-0.2, 0) is 6.54 Å². The SMILES string of the molecule is Cc1oc(-c2cc(F)cc(F)c2)nc1CN1CCN(C2CCCCC2)CC1. The van der Waals surface area contributed by atoms with Crippen LogP contribution in [0.5, 0.6) is 0 Å². The van der Waals surface area contributed by atoms with Gasteiger partial charge in [-0.05, 0) is 31.9 Å². The molecule has 2 aromatic rings. The van der Waals surface area contributed by atoms with Crippen molar-refractivity contribution >= 4 is 0 Å². The molecule has 0 bridgehead atoms. The van der Waals surface area contributed by atoms with E-state index < -0.39 is 11.6 Å². The number of rotatable bonds is 4. The zero-order valence-corrected chi connectivity index (χ0v) is 15.9. The molecule has 4 rings (SSSR count). The summed E-state index contributed by atoms with van der Waals surface area (Å²) in [5.74, 6) is -0.256. The topological polar surface area (TPSA) is 32.5 Å². The van der Waals surface area contributed by atoms with E-state index in [4.69, 9.17) is 4.42 Å². The van der Waals surface area contributed by atoms with Crippen LogP contribution in [0, 0.1) is 18.6 Å². The largest absolute Gasteiger partial charge is 0.441 e. The van der Waals surface area contributed by atoms with E-state index in [9.17, 15) is 8.78 Å². The van der Waals surface area contributed by atoms with E-state index in [0.29, 0.717) is 17.9 Å². The molecule has 0 amide bonds. The fourth-order valence-electron chi connectivity index (χ4n) is 4.32. The number of benzene rings is 1. The Morgan fingerprint density at radius 3 is 2.33 bits per heavy atom. The fraction of sp³-hybridized carbons (Fsp3) is 0.571. The van der Waals surface area contributed by atoms with Crippen LogP contribution in [0.25, 0.3) is 11.5 Å². The molecule has 27 heavy (non-hydrogen) atoms. The Morgan fingerprint density at radius 1 is 1.00 bits per heavy atom. The van der Waals surface area contributed by atoms with E-state index in [2.05, 4.69) is 14.8 Å². The Labute approximate surface area is 159 Å². The zero-order chi connectivity index (χ0) is 18.8. The molecule has 0 atom stereocenters. The van der Waals surface area contributed by atoms with Crippen LogP contribution >= 0.6 is 0 Å². The number of aromatic nitrogens is 1. The molecule has 1 saturated carbocycles. The lowest BCUT2D eigenvalue weighted by Crippen LogP contribution is -2.50. The van der Waals surface area contributed by atoms with Crippen LogP contribution in [0.2, 0.25) is 0 Å². The van der Waals surface area contributed by atoms with Crippen molar-refractivity contribution in [3.8, 4) is 11.5 Å². The van der Waals surface area contributed by atoms with Crippen molar-refractivity contribution in [2.45, 2.75) is 51.6 Å². The van der Waals surface area contributed by atoms with Crippen molar-refractivity contribution in [2.24, 2.45) is 0 Å². The molecular formula is C21H27F2N3O. The van der Waals surface area contributed by atoms with E-state index in [0.717, 1.165) is 44.0 Å². The van der Waals surface area contributed by atoms with Crippen LogP contribution in [0.3, 0.4) is 0 Å². The highest BCUT2D eigenvalue weighted by Gasteiger charge is 2.26. The highest BCUT2D eigenvalue weighted by Crippen LogP contribution is 2.26. The molecule has 2 fully saturated rings. The molecule has 1 aliphatic carbocycles. The van der Waals surface area contributed by atoms with Gasteiger partial charge in [-0.1, -0.05) is 19.3 Å². The number of piperazine rings is 1. The van der Waals surface area contributed by atoms with Crippen molar-refractivity contribution in [1.82, 2.24) is 14.8 Å². The summed E-state index contributed by atoms with van der Waals surface area (Å²) in [4.78, 5) is 9.54. The van der Waals surface area contributed by atoms with E-state index in [-0.39, 0.29) is 5.89 Å². The minimum atomic E-state index is -0.624. The highest BCUT2D eigenvalue weighted by molar-refractivity contribution is 5.53. The second kappa shape index (κ2) is 8.07. The second-order valence-corrected chi connectivity index (χ2v) is 7.78. The minimum Gasteiger partial charge on any atom is -0.441 e. The third-order valence-corrected chi connectivity index (χ3v) is 5.87. The van der Waals surface area contributed by atoms with Crippen LogP contribution in [-0.4, -0.2) is 47.0 Å². The maximum absolute atomic E-state index is 13.5. The Bertz CT molecular complexity index is 757. The predicted octanol–water partition coefficient (Wildman–Crippen LogP) is 4.38. The number of oxazole rings is 1. The lowest BCUT2D eigenvalue weighted by Gasteiger charge is -2.40. The summed E-state index contributed by atoms with van der Waals surface area (Å²) < 4.78 is 32.6. The summed E-state index contributed by atoms with van der Waals surface area (Å²) in [5.41, 5.74) is 1.18. The van der Waals surface area contributed by atoms with Gasteiger partial charge in [0.2, 0.25) is 5.89 Å². The fourth-order valence-corrected chi connectivity index (χ4v) is 4.32. The van der Waals surface area contributed by atoms with Crippen molar-refractivity contribution in [3.05, 3.63) is 41.3 Å². The van der Waals surface area contributed by atoms with Gasteiger partial charge in [0, 0.05) is 50.4 Å². The maximum atomic E-state index is 13.5. The summed E-state index contributed by atoms with van der Waals surface area (Å²) in [5, 5.41) is 0. The third kappa shape index (κ3) is 4.38. The summed E-state index contributed by atoms with van der Waals surface area (Å²) >= 11 is 0. The molecule has 4 nitrogen and oxygen atoms in total. The number of nitrogens with zero attached hydrogens (tertiary/aromatic N) is 3. The van der Waals surface area contributed by atoms with Crippen molar-refractivity contribution in [3.63, 3.8) is 0 Å². The van der Waals surface area contributed by atoms with Gasteiger partial charge < -0.3 is 4.42 Å². The number of hydrogen-bond donors (Lipinski definition) is 0. The van der Waals surface area contributed by atoms with Gasteiger partial charge in [0.1, 0.15) is 17.4 Å². The predicted molar refractivity (Wildman–Crippen MR) is 100 cm³/mol. The van der Waals surface area contributed by atoms with Crippen LogP contribution < -0.4 is 0 Å². The summed E-state index contributed by atoms with van der Waals surface area (Å²) in [6.45, 7) is 6.82. The molecule has 0 unspecified atom stereocenters. The Kier molecular flexibility index (Phi) is 5.55. The van der Waals surface area contributed by atoms with E-state index in [1.807, 2.05) is 6.92 Å². The number of aryl methyl sites for hydroxylation is 1. The molecule has 1 aromatic carbocycles. The summed E-state index contributed by atoms with van der Waals surface area (Å²) in [6, 6.07) is 4.12. The first kappa shape index (κ1) is 18.6. The normalized spacial score (nSPS) is 20.3. The van der Waals surface area contributed by atoms with Crippen LogP contribution in [0.4, 0.5) is 8.78 Å². The van der Waals surface area contributed by atoms with Crippen molar-refractivity contribution < 1.29 is 13.2 Å². The Hall–Kier alpha value is -1.79.